The Morgan fingerprint density at radius 2 is 1.71 bits per heavy atom. The Hall–Kier alpha value is -2.70. The van der Waals surface area contributed by atoms with Crippen molar-refractivity contribution in [1.82, 2.24) is 4.90 Å². The number of likely N-dealkylation sites (tertiary alicyclic amines) is 1. The highest BCUT2D eigenvalue weighted by atomic mass is 35.5. The van der Waals surface area contributed by atoms with Gasteiger partial charge in [0.25, 0.3) is 5.69 Å². The molecule has 1 aliphatic heterocycles. The van der Waals surface area contributed by atoms with Gasteiger partial charge in [-0.25, -0.2) is 4.79 Å². The molecule has 0 aliphatic carbocycles. The number of hydrogen-bond acceptors (Lipinski definition) is 5. The summed E-state index contributed by atoms with van der Waals surface area (Å²) in [5, 5.41) is 11.3. The number of carbonyl (C=O) groups excluding carboxylic acids is 1. The molecule has 28 heavy (non-hydrogen) atoms. The molecular weight excluding hydrogens is 380 g/mol. The second-order valence-electron chi connectivity index (χ2n) is 6.53. The zero-order valence-corrected chi connectivity index (χ0v) is 16.3. The Balaban J connectivity index is 0.00000280. The first kappa shape index (κ1) is 21.6. The standard InChI is InChI=1S/C21H22N2O4.ClH/c24-21(27-16-17-8-2-1-3-9-17)19(15-22-12-6-7-13-22)14-18-10-4-5-11-20(18)23(25)26;/h1-5,8-11,14H,6-7,12-13,15-16H2;1H/b19-14+;. The van der Waals surface area contributed by atoms with Crippen molar-refractivity contribution in [2.24, 2.45) is 0 Å². The molecule has 3 rings (SSSR count). The Labute approximate surface area is 170 Å². The first-order valence-electron chi connectivity index (χ1n) is 9.01. The maximum absolute atomic E-state index is 12.7. The summed E-state index contributed by atoms with van der Waals surface area (Å²) < 4.78 is 5.47. The molecule has 0 atom stereocenters. The van der Waals surface area contributed by atoms with Crippen LogP contribution in [0.3, 0.4) is 0 Å². The fourth-order valence-electron chi connectivity index (χ4n) is 3.13. The molecule has 1 saturated heterocycles. The monoisotopic (exact) mass is 402 g/mol. The molecule has 0 amide bonds. The number of nitro benzene ring substituents is 1. The highest BCUT2D eigenvalue weighted by Gasteiger charge is 2.20. The van der Waals surface area contributed by atoms with Crippen molar-refractivity contribution in [2.45, 2.75) is 19.4 Å². The summed E-state index contributed by atoms with van der Waals surface area (Å²) >= 11 is 0. The molecule has 2 aromatic rings. The van der Waals surface area contributed by atoms with E-state index in [1.165, 1.54) is 6.07 Å². The Morgan fingerprint density at radius 3 is 2.39 bits per heavy atom. The van der Waals surface area contributed by atoms with Gasteiger partial charge in [-0.05, 0) is 43.6 Å². The van der Waals surface area contributed by atoms with Crippen LogP contribution in [0.2, 0.25) is 0 Å². The number of para-hydroxylation sites is 1. The Morgan fingerprint density at radius 1 is 1.07 bits per heavy atom. The van der Waals surface area contributed by atoms with Gasteiger partial charge >= 0.3 is 5.97 Å². The highest BCUT2D eigenvalue weighted by molar-refractivity contribution is 5.94. The van der Waals surface area contributed by atoms with Gasteiger partial charge in [0.2, 0.25) is 0 Å². The lowest BCUT2D eigenvalue weighted by Crippen LogP contribution is -2.26. The molecule has 1 heterocycles. The van der Waals surface area contributed by atoms with E-state index in [1.54, 1.807) is 24.3 Å². The topological polar surface area (TPSA) is 72.7 Å². The molecular formula is C21H23ClN2O4. The second-order valence-corrected chi connectivity index (χ2v) is 6.53. The molecule has 0 N–H and O–H groups in total. The van der Waals surface area contributed by atoms with Gasteiger partial charge < -0.3 is 4.74 Å². The third-order valence-corrected chi connectivity index (χ3v) is 4.53. The van der Waals surface area contributed by atoms with Gasteiger partial charge in [0.15, 0.2) is 0 Å². The van der Waals surface area contributed by atoms with Gasteiger partial charge in [0.05, 0.1) is 16.1 Å². The van der Waals surface area contributed by atoms with E-state index in [-0.39, 0.29) is 24.7 Å². The van der Waals surface area contributed by atoms with Crippen molar-refractivity contribution in [1.29, 1.82) is 0 Å². The molecule has 0 aromatic heterocycles. The second kappa shape index (κ2) is 10.6. The molecule has 148 valence electrons. The van der Waals surface area contributed by atoms with Gasteiger partial charge in [-0.2, -0.15) is 0 Å². The van der Waals surface area contributed by atoms with E-state index in [4.69, 9.17) is 4.74 Å². The average molecular weight is 403 g/mol. The van der Waals surface area contributed by atoms with E-state index in [2.05, 4.69) is 4.90 Å². The first-order chi connectivity index (χ1) is 13.1. The first-order valence-corrected chi connectivity index (χ1v) is 9.01. The van der Waals surface area contributed by atoms with Crippen molar-refractivity contribution >= 4 is 30.1 Å². The van der Waals surface area contributed by atoms with Crippen molar-refractivity contribution in [3.05, 3.63) is 81.4 Å². The van der Waals surface area contributed by atoms with Crippen LogP contribution in [0.15, 0.2) is 60.2 Å². The lowest BCUT2D eigenvalue weighted by molar-refractivity contribution is -0.385. The van der Waals surface area contributed by atoms with Crippen LogP contribution in [-0.4, -0.2) is 35.4 Å². The van der Waals surface area contributed by atoms with Crippen LogP contribution in [0.1, 0.15) is 24.0 Å². The van der Waals surface area contributed by atoms with Crippen LogP contribution in [-0.2, 0) is 16.1 Å². The SMILES string of the molecule is Cl.O=C(OCc1ccccc1)/C(=C/c1ccccc1[N+](=O)[O-])CN1CCCC1. The van der Waals surface area contributed by atoms with E-state index in [9.17, 15) is 14.9 Å². The van der Waals surface area contributed by atoms with Crippen molar-refractivity contribution in [3.63, 3.8) is 0 Å². The molecule has 0 saturated carbocycles. The molecule has 7 heteroatoms. The summed E-state index contributed by atoms with van der Waals surface area (Å²) in [6.07, 6.45) is 3.78. The minimum Gasteiger partial charge on any atom is -0.457 e. The molecule has 0 spiro atoms. The normalized spacial score (nSPS) is 14.4. The number of hydrogen-bond donors (Lipinski definition) is 0. The summed E-state index contributed by atoms with van der Waals surface area (Å²) in [5.74, 6) is -0.441. The quantitative estimate of drug-likeness (QED) is 0.300. The zero-order chi connectivity index (χ0) is 19.1. The van der Waals surface area contributed by atoms with Gasteiger partial charge in [-0.1, -0.05) is 42.5 Å². The summed E-state index contributed by atoms with van der Waals surface area (Å²) in [6.45, 7) is 2.44. The lowest BCUT2D eigenvalue weighted by Gasteiger charge is -2.17. The number of ether oxygens (including phenoxy) is 1. The maximum atomic E-state index is 12.7. The highest BCUT2D eigenvalue weighted by Crippen LogP contribution is 2.22. The third-order valence-electron chi connectivity index (χ3n) is 4.53. The van der Waals surface area contributed by atoms with Crippen LogP contribution in [0.4, 0.5) is 5.69 Å². The fraction of sp³-hybridized carbons (Fsp3) is 0.286. The van der Waals surface area contributed by atoms with Crippen molar-refractivity contribution in [3.8, 4) is 0 Å². The van der Waals surface area contributed by atoms with E-state index in [0.29, 0.717) is 17.7 Å². The summed E-state index contributed by atoms with van der Waals surface area (Å²) in [6, 6.07) is 15.9. The third kappa shape index (κ3) is 5.90. The summed E-state index contributed by atoms with van der Waals surface area (Å²) in [5.41, 5.74) is 1.72. The molecule has 1 fully saturated rings. The van der Waals surface area contributed by atoms with Crippen LogP contribution < -0.4 is 0 Å². The molecule has 0 radical (unpaired) electrons. The van der Waals surface area contributed by atoms with E-state index in [1.807, 2.05) is 30.3 Å². The van der Waals surface area contributed by atoms with Gasteiger partial charge in [0, 0.05) is 12.6 Å². The van der Waals surface area contributed by atoms with Gasteiger partial charge in [-0.15, -0.1) is 12.4 Å². The minimum absolute atomic E-state index is 0. The predicted octanol–water partition coefficient (Wildman–Crippen LogP) is 4.24. The molecule has 0 unspecified atom stereocenters. The maximum Gasteiger partial charge on any atom is 0.335 e. The van der Waals surface area contributed by atoms with Crippen LogP contribution >= 0.6 is 12.4 Å². The van der Waals surface area contributed by atoms with E-state index in [0.717, 1.165) is 31.5 Å². The lowest BCUT2D eigenvalue weighted by atomic mass is 10.1. The van der Waals surface area contributed by atoms with Crippen LogP contribution in [0.5, 0.6) is 0 Å². The summed E-state index contributed by atoms with van der Waals surface area (Å²) in [4.78, 5) is 25.7. The Bertz CT molecular complexity index is 833. The number of esters is 1. The number of benzene rings is 2. The number of carbonyl (C=O) groups is 1. The van der Waals surface area contributed by atoms with Crippen LogP contribution in [0.25, 0.3) is 6.08 Å². The number of halogens is 1. The largest absolute Gasteiger partial charge is 0.457 e. The minimum atomic E-state index is -0.441. The molecule has 6 nitrogen and oxygen atoms in total. The number of nitro groups is 1. The van der Waals surface area contributed by atoms with Crippen molar-refractivity contribution < 1.29 is 14.5 Å². The van der Waals surface area contributed by atoms with Crippen LogP contribution in [0, 0.1) is 10.1 Å². The Kier molecular flexibility index (Phi) is 8.17. The number of rotatable bonds is 7. The fourth-order valence-corrected chi connectivity index (χ4v) is 3.13. The van der Waals surface area contributed by atoms with E-state index >= 15 is 0 Å². The summed E-state index contributed by atoms with van der Waals surface area (Å²) in [7, 11) is 0. The van der Waals surface area contributed by atoms with Gasteiger partial charge in [-0.3, -0.25) is 15.0 Å². The van der Waals surface area contributed by atoms with Gasteiger partial charge in [0.1, 0.15) is 6.61 Å². The van der Waals surface area contributed by atoms with Crippen molar-refractivity contribution in [2.75, 3.05) is 19.6 Å². The smallest absolute Gasteiger partial charge is 0.335 e. The zero-order valence-electron chi connectivity index (χ0n) is 15.5. The predicted molar refractivity (Wildman–Crippen MR) is 110 cm³/mol. The average Bonchev–Trinajstić information content (AvgIpc) is 3.20. The molecule has 1 aliphatic rings. The molecule has 0 bridgehead atoms. The van der Waals surface area contributed by atoms with E-state index < -0.39 is 10.9 Å². The number of nitrogens with zero attached hydrogens (tertiary/aromatic N) is 2. The molecule has 2 aromatic carbocycles.